The molecule has 0 bridgehead atoms. The monoisotopic (exact) mass is 442 g/mol. The molecule has 1 aliphatic carbocycles. The van der Waals surface area contributed by atoms with Crippen molar-refractivity contribution in [3.8, 4) is 11.1 Å². The Morgan fingerprint density at radius 3 is 2.52 bits per heavy atom. The minimum absolute atomic E-state index is 0.539. The molecule has 3 heterocycles. The lowest BCUT2D eigenvalue weighted by Crippen LogP contribution is -2.23. The first kappa shape index (κ1) is 21.7. The summed E-state index contributed by atoms with van der Waals surface area (Å²) in [5.74, 6) is 2.02. The number of nitrogens with zero attached hydrogens (tertiary/aromatic N) is 3. The van der Waals surface area contributed by atoms with Crippen molar-refractivity contribution in [1.29, 1.82) is 0 Å². The number of aryl methyl sites for hydroxylation is 5. The van der Waals surface area contributed by atoms with Crippen LogP contribution in [0.1, 0.15) is 66.8 Å². The third kappa shape index (κ3) is 4.68. The first-order valence-electron chi connectivity index (χ1n) is 12.3. The average Bonchev–Trinajstić information content (AvgIpc) is 3.34. The molecule has 3 aromatic heterocycles. The van der Waals surface area contributed by atoms with Crippen molar-refractivity contribution >= 4 is 11.5 Å². The Labute approximate surface area is 196 Å². The van der Waals surface area contributed by atoms with Gasteiger partial charge in [-0.2, -0.15) is 0 Å². The highest BCUT2D eigenvalue weighted by molar-refractivity contribution is 5.72. The summed E-state index contributed by atoms with van der Waals surface area (Å²) in [6.45, 7) is 6.10. The molecule has 0 amide bonds. The molecule has 4 aromatic rings. The Morgan fingerprint density at radius 2 is 1.79 bits per heavy atom. The van der Waals surface area contributed by atoms with Crippen LogP contribution in [0.4, 0.5) is 5.82 Å². The molecule has 1 aliphatic rings. The number of pyridine rings is 1. The van der Waals surface area contributed by atoms with Gasteiger partial charge in [0.1, 0.15) is 17.2 Å². The van der Waals surface area contributed by atoms with Gasteiger partial charge in [0.2, 0.25) is 0 Å². The molecule has 1 saturated carbocycles. The van der Waals surface area contributed by atoms with E-state index in [1.54, 1.807) is 0 Å². The van der Waals surface area contributed by atoms with Crippen LogP contribution in [-0.4, -0.2) is 20.6 Å². The van der Waals surface area contributed by atoms with Gasteiger partial charge in [-0.05, 0) is 76.1 Å². The molecule has 172 valence electrons. The number of nitrogens with one attached hydrogen (secondary N) is 1. The fourth-order valence-corrected chi connectivity index (χ4v) is 5.13. The summed E-state index contributed by atoms with van der Waals surface area (Å²) in [6.07, 6.45) is 11.7. The molecule has 5 rings (SSSR count). The standard InChI is InChI=1S/C28H34N4O/c1-19-12-14-22(15-13-19)8-7-11-25-28(29-24-9-5-4-6-10-24)32-17-16-23(18-26(32)30-25)27-20(2)31-33-21(27)3/h12-18,24,29H,4-11H2,1-3H3. The number of rotatable bonds is 7. The molecule has 0 aliphatic heterocycles. The zero-order valence-electron chi connectivity index (χ0n) is 20.0. The van der Waals surface area contributed by atoms with Crippen molar-refractivity contribution in [3.05, 3.63) is 70.9 Å². The molecule has 5 nitrogen and oxygen atoms in total. The SMILES string of the molecule is Cc1ccc(CCCc2nc3cc(-c4c(C)noc4C)ccn3c2NC2CCCCC2)cc1. The maximum Gasteiger partial charge on any atom is 0.141 e. The number of hydrogen-bond donors (Lipinski definition) is 1. The lowest BCUT2D eigenvalue weighted by atomic mass is 9.95. The molecular weight excluding hydrogens is 408 g/mol. The molecule has 1 aromatic carbocycles. The van der Waals surface area contributed by atoms with Gasteiger partial charge in [0.15, 0.2) is 0 Å². The van der Waals surface area contributed by atoms with Crippen LogP contribution in [0.2, 0.25) is 0 Å². The van der Waals surface area contributed by atoms with E-state index in [1.807, 2.05) is 13.8 Å². The molecule has 0 unspecified atom stereocenters. The van der Waals surface area contributed by atoms with E-state index in [1.165, 1.54) is 54.7 Å². The lowest BCUT2D eigenvalue weighted by Gasteiger charge is -2.24. The van der Waals surface area contributed by atoms with Crippen LogP contribution >= 0.6 is 0 Å². The maximum absolute atomic E-state index is 5.40. The summed E-state index contributed by atoms with van der Waals surface area (Å²) in [5, 5.41) is 8.01. The second kappa shape index (κ2) is 9.42. The smallest absolute Gasteiger partial charge is 0.141 e. The van der Waals surface area contributed by atoms with Crippen LogP contribution in [0.3, 0.4) is 0 Å². The first-order chi connectivity index (χ1) is 16.1. The Bertz CT molecular complexity index is 1210. The molecule has 33 heavy (non-hydrogen) atoms. The van der Waals surface area contributed by atoms with Crippen molar-refractivity contribution in [2.24, 2.45) is 0 Å². The normalized spacial score (nSPS) is 14.8. The van der Waals surface area contributed by atoms with Gasteiger partial charge in [-0.1, -0.05) is 54.2 Å². The molecule has 0 spiro atoms. The van der Waals surface area contributed by atoms with E-state index in [0.717, 1.165) is 47.5 Å². The highest BCUT2D eigenvalue weighted by Crippen LogP contribution is 2.31. The van der Waals surface area contributed by atoms with Gasteiger partial charge >= 0.3 is 0 Å². The Balaban J connectivity index is 1.44. The number of hydrogen-bond acceptors (Lipinski definition) is 4. The molecule has 1 N–H and O–H groups in total. The highest BCUT2D eigenvalue weighted by Gasteiger charge is 2.20. The predicted molar refractivity (Wildman–Crippen MR) is 134 cm³/mol. The molecule has 1 fully saturated rings. The largest absolute Gasteiger partial charge is 0.367 e. The van der Waals surface area contributed by atoms with Crippen LogP contribution in [0.5, 0.6) is 0 Å². The number of imidazole rings is 1. The van der Waals surface area contributed by atoms with Gasteiger partial charge in [0.25, 0.3) is 0 Å². The van der Waals surface area contributed by atoms with Gasteiger partial charge in [-0.15, -0.1) is 0 Å². The zero-order valence-corrected chi connectivity index (χ0v) is 20.0. The van der Waals surface area contributed by atoms with Crippen molar-refractivity contribution < 1.29 is 4.52 Å². The molecule has 5 heteroatoms. The molecular formula is C28H34N4O. The van der Waals surface area contributed by atoms with E-state index in [2.05, 4.69) is 64.4 Å². The highest BCUT2D eigenvalue weighted by atomic mass is 16.5. The van der Waals surface area contributed by atoms with Crippen molar-refractivity contribution in [3.63, 3.8) is 0 Å². The quantitative estimate of drug-likeness (QED) is 0.341. The number of aromatic nitrogens is 3. The number of anilines is 1. The zero-order chi connectivity index (χ0) is 22.8. The summed E-state index contributed by atoms with van der Waals surface area (Å²) in [5.41, 5.74) is 7.96. The average molecular weight is 443 g/mol. The van der Waals surface area contributed by atoms with Gasteiger partial charge in [0, 0.05) is 17.8 Å². The molecule has 0 radical (unpaired) electrons. The van der Waals surface area contributed by atoms with E-state index in [-0.39, 0.29) is 0 Å². The van der Waals surface area contributed by atoms with Crippen molar-refractivity contribution in [1.82, 2.24) is 14.5 Å². The summed E-state index contributed by atoms with van der Waals surface area (Å²) in [4.78, 5) is 5.10. The Morgan fingerprint density at radius 1 is 1.00 bits per heavy atom. The van der Waals surface area contributed by atoms with E-state index in [9.17, 15) is 0 Å². The van der Waals surface area contributed by atoms with E-state index < -0.39 is 0 Å². The van der Waals surface area contributed by atoms with Crippen molar-refractivity contribution in [2.75, 3.05) is 5.32 Å². The second-order valence-corrected chi connectivity index (χ2v) is 9.57. The Kier molecular flexibility index (Phi) is 6.21. The van der Waals surface area contributed by atoms with E-state index in [0.29, 0.717) is 6.04 Å². The molecule has 0 saturated heterocycles. The fourth-order valence-electron chi connectivity index (χ4n) is 5.13. The van der Waals surface area contributed by atoms with Gasteiger partial charge in [0.05, 0.1) is 11.4 Å². The fraction of sp³-hybridized carbons (Fsp3) is 0.429. The van der Waals surface area contributed by atoms with Gasteiger partial charge in [-0.3, -0.25) is 4.40 Å². The minimum atomic E-state index is 0.539. The third-order valence-corrected chi connectivity index (χ3v) is 6.97. The van der Waals surface area contributed by atoms with E-state index >= 15 is 0 Å². The summed E-state index contributed by atoms with van der Waals surface area (Å²) in [6, 6.07) is 13.8. The maximum atomic E-state index is 5.40. The second-order valence-electron chi connectivity index (χ2n) is 9.57. The van der Waals surface area contributed by atoms with Crippen LogP contribution in [0, 0.1) is 20.8 Å². The number of benzene rings is 1. The van der Waals surface area contributed by atoms with Crippen LogP contribution in [-0.2, 0) is 12.8 Å². The van der Waals surface area contributed by atoms with Gasteiger partial charge in [-0.25, -0.2) is 4.98 Å². The van der Waals surface area contributed by atoms with Crippen LogP contribution < -0.4 is 5.32 Å². The summed E-state index contributed by atoms with van der Waals surface area (Å²) in [7, 11) is 0. The molecule has 0 atom stereocenters. The van der Waals surface area contributed by atoms with E-state index in [4.69, 9.17) is 9.51 Å². The topological polar surface area (TPSA) is 55.4 Å². The minimum Gasteiger partial charge on any atom is -0.367 e. The van der Waals surface area contributed by atoms with Gasteiger partial charge < -0.3 is 9.84 Å². The third-order valence-electron chi connectivity index (χ3n) is 6.97. The Hall–Kier alpha value is -3.08. The number of fused-ring (bicyclic) bond motifs is 1. The van der Waals surface area contributed by atoms with Crippen LogP contribution in [0.25, 0.3) is 16.8 Å². The lowest BCUT2D eigenvalue weighted by molar-refractivity contribution is 0.393. The van der Waals surface area contributed by atoms with Crippen molar-refractivity contribution in [2.45, 2.75) is 78.2 Å². The first-order valence-corrected chi connectivity index (χ1v) is 12.3. The summed E-state index contributed by atoms with van der Waals surface area (Å²) >= 11 is 0. The predicted octanol–water partition coefficient (Wildman–Crippen LogP) is 6.83. The van der Waals surface area contributed by atoms with Crippen LogP contribution in [0.15, 0.2) is 47.1 Å². The summed E-state index contributed by atoms with van der Waals surface area (Å²) < 4.78 is 7.64.